The number of rotatable bonds is 5. The summed E-state index contributed by atoms with van der Waals surface area (Å²) in [7, 11) is 1.59. The Morgan fingerprint density at radius 3 is 2.67 bits per heavy atom. The van der Waals surface area contributed by atoms with Crippen LogP contribution < -0.4 is 10.6 Å². The lowest BCUT2D eigenvalue weighted by molar-refractivity contribution is -0.111. The number of aromatic nitrogens is 2. The Labute approximate surface area is 175 Å². The molecule has 1 aliphatic heterocycles. The van der Waals surface area contributed by atoms with E-state index in [1.807, 2.05) is 30.5 Å². The Morgan fingerprint density at radius 1 is 1.07 bits per heavy atom. The molecule has 6 heteroatoms. The number of carbonyl (C=O) groups excluding carboxylic acids is 2. The smallest absolute Gasteiger partial charge is 0.251 e. The molecule has 0 unspecified atom stereocenters. The second kappa shape index (κ2) is 8.78. The lowest BCUT2D eigenvalue weighted by atomic mass is 10.1. The molecule has 3 aromatic rings. The van der Waals surface area contributed by atoms with Crippen LogP contribution in [0.2, 0.25) is 0 Å². The predicted molar refractivity (Wildman–Crippen MR) is 118 cm³/mol. The van der Waals surface area contributed by atoms with E-state index in [0.717, 1.165) is 42.0 Å². The van der Waals surface area contributed by atoms with E-state index in [9.17, 15) is 9.59 Å². The van der Waals surface area contributed by atoms with Crippen LogP contribution >= 0.6 is 0 Å². The first-order valence-electron chi connectivity index (χ1n) is 10.1. The van der Waals surface area contributed by atoms with Crippen molar-refractivity contribution < 1.29 is 9.59 Å². The van der Waals surface area contributed by atoms with Crippen molar-refractivity contribution in [3.63, 3.8) is 0 Å². The van der Waals surface area contributed by atoms with Crippen LogP contribution in [0.3, 0.4) is 0 Å². The largest absolute Gasteiger partial charge is 0.355 e. The van der Waals surface area contributed by atoms with E-state index in [-0.39, 0.29) is 11.8 Å². The van der Waals surface area contributed by atoms with Crippen LogP contribution in [0.15, 0.2) is 60.8 Å². The zero-order valence-electron chi connectivity index (χ0n) is 16.9. The average molecular weight is 400 g/mol. The number of imidazole rings is 1. The Bertz CT molecular complexity index is 1100. The standard InChI is InChI=1S/C24H24N4O2/c1-25-24(30)18-12-9-17(10-13-18)11-14-22(29)27-21-8-3-2-7-20(21)23-26-16-19-6-4-5-15-28(19)23/h2-3,7-14,16H,4-6,15H2,1H3,(H,25,30)(H,27,29). The van der Waals surface area contributed by atoms with Crippen LogP contribution in [-0.2, 0) is 17.8 Å². The number of anilines is 1. The van der Waals surface area contributed by atoms with E-state index in [1.165, 1.54) is 18.2 Å². The summed E-state index contributed by atoms with van der Waals surface area (Å²) in [4.78, 5) is 28.8. The number of hydrogen-bond donors (Lipinski definition) is 2. The van der Waals surface area contributed by atoms with Gasteiger partial charge in [0.1, 0.15) is 5.82 Å². The van der Waals surface area contributed by atoms with Gasteiger partial charge in [-0.1, -0.05) is 24.3 Å². The molecule has 1 aromatic heterocycles. The highest BCUT2D eigenvalue weighted by Gasteiger charge is 2.17. The van der Waals surface area contributed by atoms with E-state index in [2.05, 4.69) is 20.2 Å². The number of aryl methyl sites for hydroxylation is 1. The summed E-state index contributed by atoms with van der Waals surface area (Å²) in [6.07, 6.45) is 8.54. The molecule has 6 nitrogen and oxygen atoms in total. The number of hydrogen-bond acceptors (Lipinski definition) is 3. The quantitative estimate of drug-likeness (QED) is 0.638. The molecule has 2 aromatic carbocycles. The maximum atomic E-state index is 12.5. The van der Waals surface area contributed by atoms with Gasteiger partial charge in [0.05, 0.1) is 5.69 Å². The topological polar surface area (TPSA) is 76.0 Å². The monoisotopic (exact) mass is 400 g/mol. The van der Waals surface area contributed by atoms with E-state index in [1.54, 1.807) is 37.4 Å². The van der Waals surface area contributed by atoms with Crippen LogP contribution in [0, 0.1) is 0 Å². The molecule has 30 heavy (non-hydrogen) atoms. The van der Waals surface area contributed by atoms with E-state index in [0.29, 0.717) is 5.56 Å². The number of fused-ring (bicyclic) bond motifs is 1. The van der Waals surface area contributed by atoms with Gasteiger partial charge in [0.2, 0.25) is 5.91 Å². The van der Waals surface area contributed by atoms with Gasteiger partial charge >= 0.3 is 0 Å². The molecule has 0 fully saturated rings. The number of amides is 2. The summed E-state index contributed by atoms with van der Waals surface area (Å²) in [5.74, 6) is 0.540. The molecule has 2 heterocycles. The third-order valence-electron chi connectivity index (χ3n) is 5.26. The molecule has 0 bridgehead atoms. The second-order valence-electron chi connectivity index (χ2n) is 7.25. The van der Waals surface area contributed by atoms with E-state index in [4.69, 9.17) is 0 Å². The van der Waals surface area contributed by atoms with Gasteiger partial charge in [-0.05, 0) is 55.2 Å². The van der Waals surface area contributed by atoms with Crippen LogP contribution in [0.1, 0.15) is 34.5 Å². The zero-order valence-corrected chi connectivity index (χ0v) is 16.9. The molecule has 0 atom stereocenters. The van der Waals surface area contributed by atoms with Crippen molar-refractivity contribution in [3.05, 3.63) is 77.6 Å². The molecule has 0 spiro atoms. The summed E-state index contributed by atoms with van der Waals surface area (Å²) >= 11 is 0. The minimum atomic E-state index is -0.219. The SMILES string of the molecule is CNC(=O)c1ccc(C=CC(=O)Nc2ccccc2-c2ncc3n2CCCC3)cc1. The average Bonchev–Trinajstić information content (AvgIpc) is 3.22. The lowest BCUT2D eigenvalue weighted by Crippen LogP contribution is -2.17. The van der Waals surface area contributed by atoms with Crippen molar-refractivity contribution in [2.24, 2.45) is 0 Å². The minimum absolute atomic E-state index is 0.138. The molecule has 1 aliphatic rings. The Morgan fingerprint density at radius 2 is 1.87 bits per heavy atom. The Kier molecular flexibility index (Phi) is 5.75. The van der Waals surface area contributed by atoms with Crippen molar-refractivity contribution >= 4 is 23.6 Å². The van der Waals surface area contributed by atoms with Crippen LogP contribution in [-0.4, -0.2) is 28.4 Å². The fourth-order valence-electron chi connectivity index (χ4n) is 3.67. The summed E-state index contributed by atoms with van der Waals surface area (Å²) in [6.45, 7) is 0.957. The van der Waals surface area contributed by atoms with Gasteiger partial charge in [0.25, 0.3) is 5.91 Å². The lowest BCUT2D eigenvalue weighted by Gasteiger charge is -2.18. The summed E-state index contributed by atoms with van der Waals surface area (Å²) in [5, 5.41) is 5.56. The van der Waals surface area contributed by atoms with Crippen molar-refractivity contribution in [1.82, 2.24) is 14.9 Å². The van der Waals surface area contributed by atoms with E-state index >= 15 is 0 Å². The highest BCUT2D eigenvalue weighted by molar-refractivity contribution is 6.04. The first-order valence-corrected chi connectivity index (χ1v) is 10.1. The van der Waals surface area contributed by atoms with Gasteiger partial charge in [-0.2, -0.15) is 0 Å². The Balaban J connectivity index is 1.50. The third kappa shape index (κ3) is 4.17. The predicted octanol–water partition coefficient (Wildman–Crippen LogP) is 3.90. The van der Waals surface area contributed by atoms with Gasteiger partial charge < -0.3 is 15.2 Å². The number of para-hydroxylation sites is 1. The van der Waals surface area contributed by atoms with Crippen molar-refractivity contribution in [3.8, 4) is 11.4 Å². The van der Waals surface area contributed by atoms with Gasteiger partial charge in [-0.25, -0.2) is 4.98 Å². The molecule has 0 radical (unpaired) electrons. The molecular formula is C24H24N4O2. The van der Waals surface area contributed by atoms with Gasteiger partial charge in [0, 0.05) is 42.7 Å². The maximum Gasteiger partial charge on any atom is 0.251 e. The molecule has 0 saturated carbocycles. The zero-order chi connectivity index (χ0) is 20.9. The second-order valence-corrected chi connectivity index (χ2v) is 7.25. The van der Waals surface area contributed by atoms with Gasteiger partial charge in [0.15, 0.2) is 0 Å². The van der Waals surface area contributed by atoms with Crippen LogP contribution in [0.25, 0.3) is 17.5 Å². The van der Waals surface area contributed by atoms with Crippen molar-refractivity contribution in [2.75, 3.05) is 12.4 Å². The molecule has 0 aliphatic carbocycles. The highest BCUT2D eigenvalue weighted by atomic mass is 16.2. The molecule has 2 amide bonds. The number of nitrogens with zero attached hydrogens (tertiary/aromatic N) is 2. The normalized spacial score (nSPS) is 13.1. The number of nitrogens with one attached hydrogen (secondary N) is 2. The fourth-order valence-corrected chi connectivity index (χ4v) is 3.67. The minimum Gasteiger partial charge on any atom is -0.355 e. The van der Waals surface area contributed by atoms with Gasteiger partial charge in [-0.15, -0.1) is 0 Å². The summed E-state index contributed by atoms with van der Waals surface area (Å²) < 4.78 is 2.25. The van der Waals surface area contributed by atoms with Gasteiger partial charge in [-0.3, -0.25) is 9.59 Å². The summed E-state index contributed by atoms with van der Waals surface area (Å²) in [6, 6.07) is 14.8. The molecule has 4 rings (SSSR count). The first-order chi connectivity index (χ1) is 14.7. The third-order valence-corrected chi connectivity index (χ3v) is 5.26. The highest BCUT2D eigenvalue weighted by Crippen LogP contribution is 2.30. The summed E-state index contributed by atoms with van der Waals surface area (Å²) in [5.41, 5.74) is 4.32. The number of benzene rings is 2. The van der Waals surface area contributed by atoms with Crippen molar-refractivity contribution in [1.29, 1.82) is 0 Å². The van der Waals surface area contributed by atoms with Crippen LogP contribution in [0.4, 0.5) is 5.69 Å². The van der Waals surface area contributed by atoms with Crippen LogP contribution in [0.5, 0.6) is 0 Å². The molecule has 0 saturated heterocycles. The first kappa shape index (κ1) is 19.6. The van der Waals surface area contributed by atoms with Crippen molar-refractivity contribution in [2.45, 2.75) is 25.8 Å². The molecular weight excluding hydrogens is 376 g/mol. The number of carbonyl (C=O) groups is 2. The maximum absolute atomic E-state index is 12.5. The van der Waals surface area contributed by atoms with E-state index < -0.39 is 0 Å². The Hall–Kier alpha value is -3.67. The molecule has 2 N–H and O–H groups in total. The molecule has 152 valence electrons. The fraction of sp³-hybridized carbons (Fsp3) is 0.208.